The van der Waals surface area contributed by atoms with Gasteiger partial charge in [-0.3, -0.25) is 0 Å². The Bertz CT molecular complexity index is 4000. The van der Waals surface area contributed by atoms with Gasteiger partial charge in [0.15, 0.2) is 58.7 Å². The van der Waals surface area contributed by atoms with Gasteiger partial charge in [0, 0.05) is 119 Å². The van der Waals surface area contributed by atoms with Gasteiger partial charge in [0.1, 0.15) is 66.6 Å². The van der Waals surface area contributed by atoms with Crippen LogP contribution in [0.5, 0.6) is 23.0 Å². The second-order valence-corrected chi connectivity index (χ2v) is 34.5. The SMILES string of the molecule is Oc1c2cc([S+]3c4ccccc4Sc4ccccc43)cc1Cc1cc([S+]3c4ccccc4Sc4ccccc43)cc(c1O)Cc1cc([S+]3c4ccccc4Sc4ccccc43)cc(c1O)Cc1cc([S+]3c4ccccc4Sc4ccccc43)cc(c1O)C2. The Labute approximate surface area is 540 Å². The highest BCUT2D eigenvalue weighted by Gasteiger charge is 2.44. The van der Waals surface area contributed by atoms with Crippen molar-refractivity contribution >= 4 is 90.6 Å². The molecule has 0 spiro atoms. The van der Waals surface area contributed by atoms with Crippen molar-refractivity contribution in [3.05, 3.63) is 287 Å². The van der Waals surface area contributed by atoms with Crippen LogP contribution in [0.15, 0.2) is 341 Å². The van der Waals surface area contributed by atoms with Crippen LogP contribution < -0.4 is 0 Å². The van der Waals surface area contributed by atoms with Gasteiger partial charge in [-0.05, 0) is 97.1 Å². The van der Waals surface area contributed by atoms with Crippen molar-refractivity contribution in [2.24, 2.45) is 0 Å². The predicted molar refractivity (Wildman–Crippen MR) is 360 cm³/mol. The third-order valence-corrected chi connectivity index (χ3v) is 31.7. The molecule has 17 rings (SSSR count). The number of hydrogen-bond acceptors (Lipinski definition) is 8. The first kappa shape index (κ1) is 54.8. The molecule has 4 N–H and O–H groups in total. The summed E-state index contributed by atoms with van der Waals surface area (Å²) in [5.41, 5.74) is 5.50. The lowest BCUT2D eigenvalue weighted by Gasteiger charge is -2.23. The smallest absolute Gasteiger partial charge is 0.180 e. The van der Waals surface area contributed by atoms with Crippen molar-refractivity contribution in [2.45, 2.75) is 124 Å². The van der Waals surface area contributed by atoms with Gasteiger partial charge in [-0.2, -0.15) is 0 Å². The lowest BCUT2D eigenvalue weighted by molar-refractivity contribution is 0.449. The first-order chi connectivity index (χ1) is 43.2. The molecule has 0 aromatic heterocycles. The van der Waals surface area contributed by atoms with Gasteiger partial charge in [-0.1, -0.05) is 144 Å². The lowest BCUT2D eigenvalue weighted by atomic mass is 9.91. The summed E-state index contributed by atoms with van der Waals surface area (Å²) in [5.74, 6) is 0.571. The standard InChI is InChI=1S/C76H48O4S8/c77-73-45-33-47-39-54(86-67-27-11-3-19-59(67)82-60-20-4-12-28-68(60)86)41-49(74(47)78)35-51-43-56(88-71-31-15-7-23-63(71)84-64-24-8-16-32-72(64)88)44-52(76(51)80)36-50-42-55(87-69-29-13-5-21-61(69)83-62-22-6-14-30-70(62)87)40-48(75(50)79)34-46(73)38-53(37-45)85-65-25-9-1-17-57(65)81-58-18-2-10-26-66(58)85/h1-32,37-44H,33-36H2/p+4. The molecule has 0 atom stereocenters. The van der Waals surface area contributed by atoms with Crippen molar-refractivity contribution in [2.75, 3.05) is 0 Å². The van der Waals surface area contributed by atoms with E-state index in [1.165, 1.54) is 78.3 Å². The maximum Gasteiger partial charge on any atom is 0.180 e. The molecule has 0 saturated heterocycles. The van der Waals surface area contributed by atoms with Crippen LogP contribution in [0.4, 0.5) is 0 Å². The molecular weight excluding hydrogens is 1230 g/mol. The molecule has 8 bridgehead atoms. The average Bonchev–Trinajstić information content (AvgIpc) is 1.07. The van der Waals surface area contributed by atoms with Crippen molar-refractivity contribution in [3.8, 4) is 23.0 Å². The Kier molecular flexibility index (Phi) is 13.9. The van der Waals surface area contributed by atoms with Crippen LogP contribution in [0.3, 0.4) is 0 Å². The van der Waals surface area contributed by atoms with Crippen LogP contribution in [0.2, 0.25) is 0 Å². The van der Waals surface area contributed by atoms with Crippen LogP contribution in [0.1, 0.15) is 44.5 Å². The summed E-state index contributed by atoms with van der Waals surface area (Å²) in [7, 11) is -2.33. The molecule has 0 saturated carbocycles. The van der Waals surface area contributed by atoms with Crippen molar-refractivity contribution < 1.29 is 20.4 Å². The first-order valence-electron chi connectivity index (χ1n) is 29.0. The van der Waals surface area contributed by atoms with E-state index in [1.807, 2.05) is 0 Å². The van der Waals surface area contributed by atoms with Crippen molar-refractivity contribution in [1.82, 2.24) is 0 Å². The minimum Gasteiger partial charge on any atom is -0.507 e. The minimum atomic E-state index is -0.582. The maximum absolute atomic E-state index is 13.3. The Morgan fingerprint density at radius 1 is 0.205 bits per heavy atom. The Morgan fingerprint density at radius 2 is 0.341 bits per heavy atom. The van der Waals surface area contributed by atoms with Gasteiger partial charge in [0.05, 0.1) is 39.2 Å². The van der Waals surface area contributed by atoms with Crippen LogP contribution >= 0.6 is 47.0 Å². The lowest BCUT2D eigenvalue weighted by Crippen LogP contribution is -2.14. The molecule has 4 heterocycles. The predicted octanol–water partition coefficient (Wildman–Crippen LogP) is 19.4. The van der Waals surface area contributed by atoms with Gasteiger partial charge in [0.2, 0.25) is 0 Å². The van der Waals surface area contributed by atoms with Crippen LogP contribution in [-0.4, -0.2) is 20.4 Å². The second kappa shape index (κ2) is 22.3. The first-order valence-corrected chi connectivity index (χ1v) is 37.2. The fraction of sp³-hybridized carbons (Fsp3) is 0.0526. The summed E-state index contributed by atoms with van der Waals surface area (Å²) < 4.78 is 0. The molecule has 0 fully saturated rings. The second-order valence-electron chi connectivity index (χ2n) is 22.3. The van der Waals surface area contributed by atoms with Crippen LogP contribution in [0, 0.1) is 0 Å². The van der Waals surface area contributed by atoms with E-state index in [0.717, 1.165) is 19.6 Å². The van der Waals surface area contributed by atoms with E-state index < -0.39 is 43.6 Å². The monoisotopic (exact) mass is 1280 g/mol. The molecule has 4 nitrogen and oxygen atoms in total. The number of phenols is 4. The number of phenolic OH excluding ortho intramolecular Hbond substituents is 4. The molecule has 4 aliphatic heterocycles. The molecule has 0 amide bonds. The minimum absolute atomic E-state index is 0.143. The van der Waals surface area contributed by atoms with E-state index in [1.54, 1.807) is 47.0 Å². The highest BCUT2D eigenvalue weighted by molar-refractivity contribution is 8.05. The highest BCUT2D eigenvalue weighted by Crippen LogP contribution is 2.55. The average molecular weight is 1290 g/mol. The zero-order chi connectivity index (χ0) is 58.7. The maximum atomic E-state index is 13.3. The molecule has 0 radical (unpaired) electrons. The molecule has 424 valence electrons. The Balaban J connectivity index is 0.936. The van der Waals surface area contributed by atoms with Gasteiger partial charge < -0.3 is 20.4 Å². The van der Waals surface area contributed by atoms with Gasteiger partial charge >= 0.3 is 0 Å². The van der Waals surface area contributed by atoms with E-state index in [9.17, 15) is 20.4 Å². The number of fused-ring (bicyclic) bond motifs is 16. The van der Waals surface area contributed by atoms with Gasteiger partial charge in [-0.25, -0.2) is 0 Å². The number of rotatable bonds is 4. The van der Waals surface area contributed by atoms with Crippen LogP contribution in [0.25, 0.3) is 0 Å². The van der Waals surface area contributed by atoms with E-state index in [4.69, 9.17) is 0 Å². The fourth-order valence-electron chi connectivity index (χ4n) is 12.9. The molecular formula is C76H52O4S8+4. The normalized spacial score (nSPS) is 14.9. The summed E-state index contributed by atoms with van der Waals surface area (Å²) in [6.07, 6.45) is 0.840. The number of aromatic hydroxyl groups is 4. The van der Waals surface area contributed by atoms with E-state index >= 15 is 0 Å². The summed E-state index contributed by atoms with van der Waals surface area (Å²) in [4.78, 5) is 23.6. The molecule has 1 aliphatic carbocycles. The molecule has 12 aromatic rings. The van der Waals surface area contributed by atoms with Crippen molar-refractivity contribution in [1.29, 1.82) is 0 Å². The molecule has 0 unspecified atom stereocenters. The summed E-state index contributed by atoms with van der Waals surface area (Å²) >= 11 is 7.19. The number of hydrogen-bond donors (Lipinski definition) is 4. The Hall–Kier alpha value is -7.36. The summed E-state index contributed by atoms with van der Waals surface area (Å²) in [5, 5.41) is 53.2. The zero-order valence-electron chi connectivity index (χ0n) is 47.0. The van der Waals surface area contributed by atoms with E-state index in [2.05, 4.69) is 243 Å². The number of benzene rings is 12. The summed E-state index contributed by atoms with van der Waals surface area (Å²) in [6.45, 7) is 0. The fourth-order valence-corrected chi connectivity index (χ4v) is 28.3. The van der Waals surface area contributed by atoms with E-state index in [-0.39, 0.29) is 48.7 Å². The van der Waals surface area contributed by atoms with Crippen molar-refractivity contribution in [3.63, 3.8) is 0 Å². The molecule has 88 heavy (non-hydrogen) atoms. The molecule has 5 aliphatic rings. The quantitative estimate of drug-likeness (QED) is 0.130. The van der Waals surface area contributed by atoms with E-state index in [0.29, 0.717) is 44.5 Å². The summed E-state index contributed by atoms with van der Waals surface area (Å²) in [6, 6.07) is 87.0. The zero-order valence-corrected chi connectivity index (χ0v) is 53.5. The topological polar surface area (TPSA) is 80.9 Å². The van der Waals surface area contributed by atoms with Crippen LogP contribution in [-0.2, 0) is 69.3 Å². The Morgan fingerprint density at radius 3 is 0.489 bits per heavy atom. The third-order valence-electron chi connectivity index (χ3n) is 16.9. The van der Waals surface area contributed by atoms with Gasteiger partial charge in [-0.15, -0.1) is 0 Å². The third kappa shape index (κ3) is 9.39. The highest BCUT2D eigenvalue weighted by atomic mass is 32.2. The largest absolute Gasteiger partial charge is 0.507 e. The van der Waals surface area contributed by atoms with Gasteiger partial charge in [0.25, 0.3) is 0 Å². The molecule has 12 heteroatoms. The molecule has 12 aromatic carbocycles.